The summed E-state index contributed by atoms with van der Waals surface area (Å²) in [6.45, 7) is 7.34. The van der Waals surface area contributed by atoms with Crippen LogP contribution in [-0.4, -0.2) is 23.7 Å². The predicted molar refractivity (Wildman–Crippen MR) is 70.2 cm³/mol. The van der Waals surface area contributed by atoms with Gasteiger partial charge in [-0.3, -0.25) is 9.59 Å². The third-order valence-electron chi connectivity index (χ3n) is 2.57. The second-order valence-electron chi connectivity index (χ2n) is 4.13. The molecule has 18 heavy (non-hydrogen) atoms. The van der Waals surface area contributed by atoms with Gasteiger partial charge in [-0.1, -0.05) is 31.6 Å². The maximum atomic E-state index is 11.7. The normalized spacial score (nSPS) is 11.6. The minimum atomic E-state index is -0.775. The molecule has 0 aliphatic carbocycles. The summed E-state index contributed by atoms with van der Waals surface area (Å²) in [6, 6.07) is 0. The van der Waals surface area contributed by atoms with Gasteiger partial charge in [0.1, 0.15) is 6.61 Å². The van der Waals surface area contributed by atoms with Crippen LogP contribution in [0.25, 0.3) is 0 Å². The van der Waals surface area contributed by atoms with E-state index < -0.39 is 5.97 Å². The molecule has 1 N–H and O–H groups in total. The second-order valence-corrected chi connectivity index (χ2v) is 4.13. The number of carbonyl (C=O) groups is 2. The summed E-state index contributed by atoms with van der Waals surface area (Å²) >= 11 is 0. The number of hydrogen-bond acceptors (Lipinski definition) is 3. The highest BCUT2D eigenvalue weighted by Crippen LogP contribution is 2.16. The first-order valence-corrected chi connectivity index (χ1v) is 6.22. The molecule has 0 saturated heterocycles. The number of carboxylic acids is 1. The van der Waals surface area contributed by atoms with Crippen molar-refractivity contribution in [2.75, 3.05) is 6.61 Å². The van der Waals surface area contributed by atoms with E-state index in [4.69, 9.17) is 9.84 Å². The minimum Gasteiger partial charge on any atom is -0.481 e. The molecule has 4 nitrogen and oxygen atoms in total. The van der Waals surface area contributed by atoms with E-state index in [-0.39, 0.29) is 24.9 Å². The summed E-state index contributed by atoms with van der Waals surface area (Å²) in [7, 11) is 0. The lowest BCUT2D eigenvalue weighted by Gasteiger charge is -2.13. The first-order chi connectivity index (χ1) is 8.61. The standard InChI is InChI=1S/C14H22O4/c1-3-8-12(14(17)18-11-4-2)9-6-5-7-10-13(15)16/h3-4,12H,1-2,5-11H2,(H,15,16). The molecule has 0 spiro atoms. The number of unbranched alkanes of at least 4 members (excludes halogenated alkanes) is 2. The lowest BCUT2D eigenvalue weighted by molar-refractivity contribution is -0.147. The van der Waals surface area contributed by atoms with Gasteiger partial charge in [0.05, 0.1) is 5.92 Å². The highest BCUT2D eigenvalue weighted by atomic mass is 16.5. The zero-order chi connectivity index (χ0) is 13.8. The van der Waals surface area contributed by atoms with Crippen LogP contribution in [0, 0.1) is 5.92 Å². The first-order valence-electron chi connectivity index (χ1n) is 6.22. The molecular weight excluding hydrogens is 232 g/mol. The Morgan fingerprint density at radius 3 is 2.44 bits per heavy atom. The Morgan fingerprint density at radius 2 is 1.89 bits per heavy atom. The molecule has 0 bridgehead atoms. The Kier molecular flexibility index (Phi) is 9.64. The van der Waals surface area contributed by atoms with Crippen LogP contribution in [0.5, 0.6) is 0 Å². The SMILES string of the molecule is C=CCOC(=O)C(CC=C)CCCCCC(=O)O. The van der Waals surface area contributed by atoms with Crippen LogP contribution in [0.3, 0.4) is 0 Å². The van der Waals surface area contributed by atoms with E-state index in [0.717, 1.165) is 12.8 Å². The zero-order valence-corrected chi connectivity index (χ0v) is 10.8. The summed E-state index contributed by atoms with van der Waals surface area (Å²) in [5.41, 5.74) is 0. The van der Waals surface area contributed by atoms with Crippen molar-refractivity contribution in [3.63, 3.8) is 0 Å². The highest BCUT2D eigenvalue weighted by molar-refractivity contribution is 5.72. The summed E-state index contributed by atoms with van der Waals surface area (Å²) in [6.07, 6.45) is 7.03. The predicted octanol–water partition coefficient (Wildman–Crippen LogP) is 2.94. The van der Waals surface area contributed by atoms with Gasteiger partial charge in [-0.15, -0.1) is 6.58 Å². The topological polar surface area (TPSA) is 63.6 Å². The van der Waals surface area contributed by atoms with Gasteiger partial charge in [0.15, 0.2) is 0 Å². The third-order valence-corrected chi connectivity index (χ3v) is 2.57. The molecule has 0 aromatic carbocycles. The van der Waals surface area contributed by atoms with Gasteiger partial charge < -0.3 is 9.84 Å². The largest absolute Gasteiger partial charge is 0.481 e. The van der Waals surface area contributed by atoms with Gasteiger partial charge >= 0.3 is 11.9 Å². The smallest absolute Gasteiger partial charge is 0.309 e. The Balaban J connectivity index is 3.88. The summed E-state index contributed by atoms with van der Waals surface area (Å²) in [5, 5.41) is 8.49. The molecule has 1 unspecified atom stereocenters. The highest BCUT2D eigenvalue weighted by Gasteiger charge is 2.17. The van der Waals surface area contributed by atoms with Crippen LogP contribution in [-0.2, 0) is 14.3 Å². The van der Waals surface area contributed by atoms with Gasteiger partial charge in [0.2, 0.25) is 0 Å². The van der Waals surface area contributed by atoms with Crippen molar-refractivity contribution in [3.05, 3.63) is 25.3 Å². The number of ether oxygens (including phenoxy) is 1. The van der Waals surface area contributed by atoms with Crippen molar-refractivity contribution in [1.29, 1.82) is 0 Å². The van der Waals surface area contributed by atoms with Gasteiger partial charge in [0.25, 0.3) is 0 Å². The van der Waals surface area contributed by atoms with E-state index in [1.165, 1.54) is 6.08 Å². The number of rotatable bonds is 11. The lowest BCUT2D eigenvalue weighted by atomic mass is 9.97. The second kappa shape index (κ2) is 10.6. The van der Waals surface area contributed by atoms with Crippen LogP contribution in [0.1, 0.15) is 38.5 Å². The van der Waals surface area contributed by atoms with Crippen LogP contribution >= 0.6 is 0 Å². The molecule has 4 heteroatoms. The van der Waals surface area contributed by atoms with Crippen molar-refractivity contribution in [1.82, 2.24) is 0 Å². The number of carbonyl (C=O) groups excluding carboxylic acids is 1. The first kappa shape index (κ1) is 16.4. The van der Waals surface area contributed by atoms with Crippen LogP contribution in [0.4, 0.5) is 0 Å². The molecule has 0 amide bonds. The number of allylic oxidation sites excluding steroid dienone is 1. The molecular formula is C14H22O4. The minimum absolute atomic E-state index is 0.174. The van der Waals surface area contributed by atoms with Crippen LogP contribution in [0.2, 0.25) is 0 Å². The van der Waals surface area contributed by atoms with Crippen molar-refractivity contribution >= 4 is 11.9 Å². The number of carboxylic acid groups (broad SMARTS) is 1. The Hall–Kier alpha value is -1.58. The van der Waals surface area contributed by atoms with Gasteiger partial charge in [0, 0.05) is 6.42 Å². The lowest BCUT2D eigenvalue weighted by Crippen LogP contribution is -2.17. The fraction of sp³-hybridized carbons (Fsp3) is 0.571. The van der Waals surface area contributed by atoms with Crippen molar-refractivity contribution in [2.45, 2.75) is 38.5 Å². The average molecular weight is 254 g/mol. The average Bonchev–Trinajstić information content (AvgIpc) is 2.33. The molecule has 1 atom stereocenters. The van der Waals surface area contributed by atoms with Crippen LogP contribution < -0.4 is 0 Å². The zero-order valence-electron chi connectivity index (χ0n) is 10.8. The Morgan fingerprint density at radius 1 is 1.17 bits per heavy atom. The summed E-state index contributed by atoms with van der Waals surface area (Å²) in [5.74, 6) is -1.18. The maximum Gasteiger partial charge on any atom is 0.309 e. The van der Waals surface area contributed by atoms with E-state index in [0.29, 0.717) is 19.3 Å². The van der Waals surface area contributed by atoms with Crippen molar-refractivity contribution in [3.8, 4) is 0 Å². The van der Waals surface area contributed by atoms with E-state index in [2.05, 4.69) is 13.2 Å². The Bertz CT molecular complexity index is 284. The number of aliphatic carboxylic acids is 1. The van der Waals surface area contributed by atoms with Gasteiger partial charge in [-0.2, -0.15) is 0 Å². The fourth-order valence-electron chi connectivity index (χ4n) is 1.64. The number of esters is 1. The van der Waals surface area contributed by atoms with Gasteiger partial charge in [-0.25, -0.2) is 0 Å². The summed E-state index contributed by atoms with van der Waals surface area (Å²) < 4.78 is 5.00. The molecule has 102 valence electrons. The third kappa shape index (κ3) is 8.56. The fourth-order valence-corrected chi connectivity index (χ4v) is 1.64. The van der Waals surface area contributed by atoms with Crippen molar-refractivity contribution < 1.29 is 19.4 Å². The molecule has 0 aliphatic rings. The maximum absolute atomic E-state index is 11.7. The number of hydrogen-bond donors (Lipinski definition) is 1. The monoisotopic (exact) mass is 254 g/mol. The Labute approximate surface area is 108 Å². The van der Waals surface area contributed by atoms with Crippen LogP contribution in [0.15, 0.2) is 25.3 Å². The van der Waals surface area contributed by atoms with E-state index in [1.54, 1.807) is 6.08 Å². The molecule has 0 fully saturated rings. The molecule has 0 heterocycles. The summed E-state index contributed by atoms with van der Waals surface area (Å²) in [4.78, 5) is 22.0. The van der Waals surface area contributed by atoms with E-state index in [9.17, 15) is 9.59 Å². The van der Waals surface area contributed by atoms with E-state index in [1.807, 2.05) is 0 Å². The van der Waals surface area contributed by atoms with E-state index >= 15 is 0 Å². The molecule has 0 aliphatic heterocycles. The van der Waals surface area contributed by atoms with Crippen molar-refractivity contribution in [2.24, 2.45) is 5.92 Å². The molecule has 0 rings (SSSR count). The molecule has 0 saturated carbocycles. The molecule has 0 radical (unpaired) electrons. The van der Waals surface area contributed by atoms with Gasteiger partial charge in [-0.05, 0) is 19.3 Å². The molecule has 0 aromatic rings. The molecule has 0 aromatic heterocycles. The quantitative estimate of drug-likeness (QED) is 0.350.